The third-order valence-corrected chi connectivity index (χ3v) is 3.00. The van der Waals surface area contributed by atoms with E-state index in [1.807, 2.05) is 18.2 Å². The summed E-state index contributed by atoms with van der Waals surface area (Å²) in [5.41, 5.74) is 1.04. The molecule has 0 atom stereocenters. The Hall–Kier alpha value is -1.38. The first-order valence-corrected chi connectivity index (χ1v) is 6.77. The minimum absolute atomic E-state index is 0.820. The first kappa shape index (κ1) is 14.7. The molecule has 0 amide bonds. The molecule has 0 spiro atoms. The highest BCUT2D eigenvalue weighted by Crippen LogP contribution is 2.28. The normalized spacial score (nSPS) is 10.2. The lowest BCUT2D eigenvalue weighted by atomic mass is 10.1. The van der Waals surface area contributed by atoms with Crippen molar-refractivity contribution in [2.45, 2.75) is 39.0 Å². The SMILES string of the molecule is CCCCCCCNc1ccc(OC)cc1OC. The first-order chi connectivity index (χ1) is 8.81. The van der Waals surface area contributed by atoms with E-state index in [-0.39, 0.29) is 0 Å². The van der Waals surface area contributed by atoms with E-state index in [1.165, 1.54) is 32.1 Å². The van der Waals surface area contributed by atoms with Crippen molar-refractivity contribution in [3.63, 3.8) is 0 Å². The Morgan fingerprint density at radius 2 is 1.78 bits per heavy atom. The van der Waals surface area contributed by atoms with E-state index in [1.54, 1.807) is 14.2 Å². The number of ether oxygens (including phenoxy) is 2. The molecule has 0 saturated heterocycles. The van der Waals surface area contributed by atoms with Crippen LogP contribution >= 0.6 is 0 Å². The Morgan fingerprint density at radius 3 is 2.44 bits per heavy atom. The van der Waals surface area contributed by atoms with Gasteiger partial charge in [0, 0.05) is 12.6 Å². The fourth-order valence-corrected chi connectivity index (χ4v) is 1.90. The lowest BCUT2D eigenvalue weighted by Crippen LogP contribution is -2.03. The Balaban J connectivity index is 2.37. The van der Waals surface area contributed by atoms with Gasteiger partial charge in [-0.1, -0.05) is 32.6 Å². The zero-order valence-electron chi connectivity index (χ0n) is 11.8. The quantitative estimate of drug-likeness (QED) is 0.671. The Bertz CT molecular complexity index is 339. The van der Waals surface area contributed by atoms with Crippen LogP contribution in [0, 0.1) is 0 Å². The molecule has 0 heterocycles. The largest absolute Gasteiger partial charge is 0.497 e. The summed E-state index contributed by atoms with van der Waals surface area (Å²) in [7, 11) is 3.34. The van der Waals surface area contributed by atoms with Crippen LogP contribution in [0.2, 0.25) is 0 Å². The van der Waals surface area contributed by atoms with Crippen LogP contribution in [0.3, 0.4) is 0 Å². The maximum absolute atomic E-state index is 5.34. The van der Waals surface area contributed by atoms with E-state index >= 15 is 0 Å². The maximum atomic E-state index is 5.34. The number of hydrogen-bond donors (Lipinski definition) is 1. The minimum Gasteiger partial charge on any atom is -0.497 e. The van der Waals surface area contributed by atoms with Gasteiger partial charge in [-0.05, 0) is 18.6 Å². The second kappa shape index (κ2) is 8.67. The van der Waals surface area contributed by atoms with Gasteiger partial charge in [0.15, 0.2) is 0 Å². The van der Waals surface area contributed by atoms with Crippen molar-refractivity contribution < 1.29 is 9.47 Å². The zero-order valence-corrected chi connectivity index (χ0v) is 11.8. The van der Waals surface area contributed by atoms with Crippen LogP contribution in [-0.2, 0) is 0 Å². The number of benzene rings is 1. The van der Waals surface area contributed by atoms with Gasteiger partial charge in [0.05, 0.1) is 19.9 Å². The van der Waals surface area contributed by atoms with Gasteiger partial charge >= 0.3 is 0 Å². The molecule has 102 valence electrons. The fourth-order valence-electron chi connectivity index (χ4n) is 1.90. The van der Waals surface area contributed by atoms with Gasteiger partial charge in [-0.3, -0.25) is 0 Å². The van der Waals surface area contributed by atoms with Crippen LogP contribution in [0.4, 0.5) is 5.69 Å². The van der Waals surface area contributed by atoms with E-state index < -0.39 is 0 Å². The summed E-state index contributed by atoms with van der Waals surface area (Å²) < 4.78 is 10.5. The van der Waals surface area contributed by atoms with Gasteiger partial charge in [-0.2, -0.15) is 0 Å². The summed E-state index contributed by atoms with van der Waals surface area (Å²) in [5.74, 6) is 1.66. The molecule has 0 aliphatic carbocycles. The molecule has 0 aromatic heterocycles. The highest BCUT2D eigenvalue weighted by molar-refractivity contribution is 5.59. The predicted molar refractivity (Wildman–Crippen MR) is 76.8 cm³/mol. The van der Waals surface area contributed by atoms with E-state index in [2.05, 4.69) is 12.2 Å². The second-order valence-electron chi connectivity index (χ2n) is 4.41. The van der Waals surface area contributed by atoms with Crippen LogP contribution in [0.1, 0.15) is 39.0 Å². The Labute approximate surface area is 110 Å². The van der Waals surface area contributed by atoms with Crippen LogP contribution in [0.15, 0.2) is 18.2 Å². The van der Waals surface area contributed by atoms with Gasteiger partial charge in [-0.15, -0.1) is 0 Å². The molecule has 1 aromatic rings. The van der Waals surface area contributed by atoms with Crippen molar-refractivity contribution in [1.82, 2.24) is 0 Å². The van der Waals surface area contributed by atoms with E-state index in [9.17, 15) is 0 Å². The van der Waals surface area contributed by atoms with Gasteiger partial charge in [0.2, 0.25) is 0 Å². The molecule has 1 aromatic carbocycles. The Kier molecular flexibility index (Phi) is 7.07. The van der Waals surface area contributed by atoms with Gasteiger partial charge in [0.1, 0.15) is 11.5 Å². The minimum atomic E-state index is 0.820. The highest BCUT2D eigenvalue weighted by atomic mass is 16.5. The summed E-state index contributed by atoms with van der Waals surface area (Å²) in [6.07, 6.45) is 6.46. The number of rotatable bonds is 9. The summed E-state index contributed by atoms with van der Waals surface area (Å²) in [6, 6.07) is 5.85. The monoisotopic (exact) mass is 251 g/mol. The van der Waals surface area contributed by atoms with Crippen molar-refractivity contribution in [2.24, 2.45) is 0 Å². The lowest BCUT2D eigenvalue weighted by Gasteiger charge is -2.12. The summed E-state index contributed by atoms with van der Waals surface area (Å²) in [4.78, 5) is 0. The zero-order chi connectivity index (χ0) is 13.2. The second-order valence-corrected chi connectivity index (χ2v) is 4.41. The molecule has 0 radical (unpaired) electrons. The van der Waals surface area contributed by atoms with E-state index in [0.29, 0.717) is 0 Å². The van der Waals surface area contributed by atoms with E-state index in [0.717, 1.165) is 23.7 Å². The van der Waals surface area contributed by atoms with Crippen LogP contribution in [0.5, 0.6) is 11.5 Å². The van der Waals surface area contributed by atoms with Gasteiger partial charge in [-0.25, -0.2) is 0 Å². The van der Waals surface area contributed by atoms with Crippen molar-refractivity contribution in [3.05, 3.63) is 18.2 Å². The van der Waals surface area contributed by atoms with Crippen molar-refractivity contribution in [3.8, 4) is 11.5 Å². The third-order valence-electron chi connectivity index (χ3n) is 3.00. The van der Waals surface area contributed by atoms with Crippen molar-refractivity contribution in [1.29, 1.82) is 0 Å². The molecule has 1 rings (SSSR count). The average molecular weight is 251 g/mol. The van der Waals surface area contributed by atoms with Crippen LogP contribution in [0.25, 0.3) is 0 Å². The van der Waals surface area contributed by atoms with Crippen LogP contribution in [-0.4, -0.2) is 20.8 Å². The lowest BCUT2D eigenvalue weighted by molar-refractivity contribution is 0.395. The van der Waals surface area contributed by atoms with Crippen molar-refractivity contribution >= 4 is 5.69 Å². The fraction of sp³-hybridized carbons (Fsp3) is 0.600. The number of methoxy groups -OCH3 is 2. The standard InChI is InChI=1S/C15H25NO2/c1-4-5-6-7-8-11-16-14-10-9-13(17-2)12-15(14)18-3/h9-10,12,16H,4-8,11H2,1-3H3. The molecule has 0 aliphatic heterocycles. The first-order valence-electron chi connectivity index (χ1n) is 6.77. The highest BCUT2D eigenvalue weighted by Gasteiger charge is 2.03. The number of hydrogen-bond acceptors (Lipinski definition) is 3. The maximum Gasteiger partial charge on any atom is 0.145 e. The molecule has 0 aliphatic rings. The molecular weight excluding hydrogens is 226 g/mol. The molecule has 3 heteroatoms. The average Bonchev–Trinajstić information content (AvgIpc) is 2.42. The van der Waals surface area contributed by atoms with Crippen LogP contribution < -0.4 is 14.8 Å². The molecule has 0 saturated carbocycles. The summed E-state index contributed by atoms with van der Waals surface area (Å²) >= 11 is 0. The number of anilines is 1. The predicted octanol–water partition coefficient (Wildman–Crippen LogP) is 4.09. The third kappa shape index (κ3) is 4.86. The number of nitrogens with one attached hydrogen (secondary N) is 1. The van der Waals surface area contributed by atoms with Gasteiger partial charge < -0.3 is 14.8 Å². The van der Waals surface area contributed by atoms with Gasteiger partial charge in [0.25, 0.3) is 0 Å². The number of unbranched alkanes of at least 4 members (excludes halogenated alkanes) is 4. The summed E-state index contributed by atoms with van der Waals surface area (Å²) in [5, 5.41) is 3.41. The van der Waals surface area contributed by atoms with Crippen molar-refractivity contribution in [2.75, 3.05) is 26.1 Å². The molecule has 1 N–H and O–H groups in total. The summed E-state index contributed by atoms with van der Waals surface area (Å²) in [6.45, 7) is 3.23. The molecule has 0 unspecified atom stereocenters. The smallest absolute Gasteiger partial charge is 0.145 e. The molecule has 18 heavy (non-hydrogen) atoms. The molecular formula is C15H25NO2. The molecule has 0 fully saturated rings. The topological polar surface area (TPSA) is 30.5 Å². The Morgan fingerprint density at radius 1 is 1.00 bits per heavy atom. The molecule has 3 nitrogen and oxygen atoms in total. The van der Waals surface area contributed by atoms with E-state index in [4.69, 9.17) is 9.47 Å². The molecule has 0 bridgehead atoms.